The van der Waals surface area contributed by atoms with Crippen LogP contribution in [0.25, 0.3) is 33.8 Å². The maximum atomic E-state index is 13.2. The van der Waals surface area contributed by atoms with Crippen molar-refractivity contribution in [2.45, 2.75) is 50.3 Å². The van der Waals surface area contributed by atoms with Gasteiger partial charge in [0.05, 0.1) is 22.9 Å². The Morgan fingerprint density at radius 3 is 2.52 bits per heavy atom. The van der Waals surface area contributed by atoms with Gasteiger partial charge in [-0.15, -0.1) is 10.2 Å². The van der Waals surface area contributed by atoms with Gasteiger partial charge >= 0.3 is 5.97 Å². The number of amides is 1. The summed E-state index contributed by atoms with van der Waals surface area (Å²) >= 11 is 0. The lowest BCUT2D eigenvalue weighted by Gasteiger charge is -2.25. The number of aliphatic carboxylic acids is 1. The van der Waals surface area contributed by atoms with Crippen LogP contribution in [0.15, 0.2) is 65.5 Å². The van der Waals surface area contributed by atoms with Gasteiger partial charge in [0.2, 0.25) is 5.82 Å². The van der Waals surface area contributed by atoms with E-state index in [2.05, 4.69) is 30.5 Å². The second kappa shape index (κ2) is 10.7. The van der Waals surface area contributed by atoms with E-state index >= 15 is 0 Å². The van der Waals surface area contributed by atoms with E-state index in [0.29, 0.717) is 28.5 Å². The number of nitrogens with zero attached hydrogens (tertiary/aromatic N) is 5. The number of rotatable bonds is 8. The summed E-state index contributed by atoms with van der Waals surface area (Å²) in [6.45, 7) is 0. The van der Waals surface area contributed by atoms with Gasteiger partial charge in [-0.05, 0) is 47.9 Å². The lowest BCUT2D eigenvalue weighted by Crippen LogP contribution is -2.45. The molecule has 6 rings (SSSR count). The number of carboxylic acids is 1. The number of carbonyl (C=O) groups excluding carboxylic acids is 1. The van der Waals surface area contributed by atoms with E-state index in [9.17, 15) is 19.8 Å². The lowest BCUT2D eigenvalue weighted by molar-refractivity contribution is -0.142. The Labute approximate surface area is 228 Å². The molecular formula is C28H27N7O5. The molecule has 40 heavy (non-hydrogen) atoms. The molecule has 4 N–H and O–H groups in total. The third-order valence-corrected chi connectivity index (χ3v) is 7.40. The van der Waals surface area contributed by atoms with Crippen LogP contribution in [0.5, 0.6) is 0 Å². The predicted molar refractivity (Wildman–Crippen MR) is 143 cm³/mol. The summed E-state index contributed by atoms with van der Waals surface area (Å²) in [5.41, 5.74) is 3.57. The number of aliphatic hydroxyl groups excluding tert-OH is 1. The Kier molecular flexibility index (Phi) is 6.83. The van der Waals surface area contributed by atoms with Crippen molar-refractivity contribution in [3.8, 4) is 22.8 Å². The van der Waals surface area contributed by atoms with Gasteiger partial charge < -0.3 is 24.5 Å². The van der Waals surface area contributed by atoms with Crippen LogP contribution in [0.2, 0.25) is 0 Å². The first-order chi connectivity index (χ1) is 19.5. The van der Waals surface area contributed by atoms with E-state index in [0.717, 1.165) is 42.6 Å². The molecule has 0 spiro atoms. The molecule has 1 aliphatic rings. The fraction of sp³-hybridized carbons (Fsp3) is 0.286. The number of hydrogen-bond acceptors (Lipinski definition) is 8. The summed E-state index contributed by atoms with van der Waals surface area (Å²) in [4.78, 5) is 30.1. The van der Waals surface area contributed by atoms with E-state index < -0.39 is 24.0 Å². The monoisotopic (exact) mass is 541 g/mol. The first-order valence-electron chi connectivity index (χ1n) is 13.1. The highest BCUT2D eigenvalue weighted by Crippen LogP contribution is 2.36. The zero-order valence-corrected chi connectivity index (χ0v) is 21.4. The number of imidazole rings is 1. The van der Waals surface area contributed by atoms with Gasteiger partial charge in [-0.25, -0.2) is 9.78 Å². The van der Waals surface area contributed by atoms with E-state index in [-0.39, 0.29) is 5.56 Å². The zero-order chi connectivity index (χ0) is 27.6. The van der Waals surface area contributed by atoms with Gasteiger partial charge in [0, 0.05) is 17.2 Å². The highest BCUT2D eigenvalue weighted by Gasteiger charge is 2.30. The molecule has 12 heteroatoms. The number of nitrogens with one attached hydrogen (secondary N) is 2. The van der Waals surface area contributed by atoms with Crippen LogP contribution in [0, 0.1) is 0 Å². The Morgan fingerprint density at radius 1 is 1.05 bits per heavy atom. The minimum absolute atomic E-state index is 0.241. The number of furan rings is 1. The second-order valence-corrected chi connectivity index (χ2v) is 9.90. The average Bonchev–Trinajstić information content (AvgIpc) is 3.77. The molecule has 3 aromatic heterocycles. The van der Waals surface area contributed by atoms with Crippen molar-refractivity contribution >= 4 is 22.9 Å². The van der Waals surface area contributed by atoms with Crippen LogP contribution in [-0.2, 0) is 4.79 Å². The van der Waals surface area contributed by atoms with E-state index in [1.165, 1.54) is 6.42 Å². The zero-order valence-electron chi connectivity index (χ0n) is 21.4. The number of aromatic nitrogens is 6. The van der Waals surface area contributed by atoms with Crippen molar-refractivity contribution in [3.05, 3.63) is 72.2 Å². The molecule has 0 saturated heterocycles. The van der Waals surface area contributed by atoms with Crippen LogP contribution < -0.4 is 5.32 Å². The molecule has 1 aliphatic carbocycles. The number of hydrogen-bond donors (Lipinski definition) is 4. The Morgan fingerprint density at radius 2 is 1.85 bits per heavy atom. The quantitative estimate of drug-likeness (QED) is 0.227. The minimum atomic E-state index is -1.58. The van der Waals surface area contributed by atoms with Crippen molar-refractivity contribution in [2.75, 3.05) is 0 Å². The fourth-order valence-electron chi connectivity index (χ4n) is 5.35. The Balaban J connectivity index is 1.26. The molecular weight excluding hydrogens is 514 g/mol. The Hall–Kier alpha value is -4.84. The first kappa shape index (κ1) is 25.4. The van der Waals surface area contributed by atoms with Crippen molar-refractivity contribution in [1.29, 1.82) is 0 Å². The summed E-state index contributed by atoms with van der Waals surface area (Å²) in [7, 11) is 0. The summed E-state index contributed by atoms with van der Waals surface area (Å²) < 4.78 is 7.54. The largest absolute Gasteiger partial charge is 0.480 e. The van der Waals surface area contributed by atoms with Crippen LogP contribution in [0.1, 0.15) is 60.2 Å². The normalized spacial score (nSPS) is 15.6. The Bertz CT molecular complexity index is 1620. The van der Waals surface area contributed by atoms with Gasteiger partial charge in [0.15, 0.2) is 6.04 Å². The molecule has 204 valence electrons. The number of carboxylic acid groups (broad SMARTS) is 1. The number of aromatic amines is 1. The molecule has 0 aliphatic heterocycles. The molecule has 12 nitrogen and oxygen atoms in total. The molecule has 0 bridgehead atoms. The van der Waals surface area contributed by atoms with E-state index in [1.54, 1.807) is 48.9 Å². The maximum Gasteiger partial charge on any atom is 0.329 e. The highest BCUT2D eigenvalue weighted by atomic mass is 16.4. The highest BCUT2D eigenvalue weighted by molar-refractivity contribution is 5.99. The van der Waals surface area contributed by atoms with Gasteiger partial charge in [-0.2, -0.15) is 5.21 Å². The minimum Gasteiger partial charge on any atom is -0.480 e. The third kappa shape index (κ3) is 4.84. The van der Waals surface area contributed by atoms with Crippen molar-refractivity contribution in [2.24, 2.45) is 0 Å². The molecule has 2 unspecified atom stereocenters. The molecule has 2 atom stereocenters. The smallest absolute Gasteiger partial charge is 0.329 e. The summed E-state index contributed by atoms with van der Waals surface area (Å²) in [6, 6.07) is 12.1. The van der Waals surface area contributed by atoms with Crippen molar-refractivity contribution in [1.82, 2.24) is 35.5 Å². The number of aliphatic hydroxyl groups is 1. The second-order valence-electron chi connectivity index (χ2n) is 9.90. The molecule has 3 heterocycles. The number of fused-ring (bicyclic) bond motifs is 1. The van der Waals surface area contributed by atoms with Crippen molar-refractivity contribution < 1.29 is 24.2 Å². The van der Waals surface area contributed by atoms with Gasteiger partial charge in [0.1, 0.15) is 18.2 Å². The summed E-state index contributed by atoms with van der Waals surface area (Å²) in [5.74, 6) is -0.862. The summed E-state index contributed by atoms with van der Waals surface area (Å²) in [6.07, 6.45) is 7.37. The van der Waals surface area contributed by atoms with Crippen LogP contribution in [0.4, 0.5) is 0 Å². The third-order valence-electron chi connectivity index (χ3n) is 7.40. The predicted octanol–water partition coefficient (Wildman–Crippen LogP) is 3.90. The van der Waals surface area contributed by atoms with Crippen LogP contribution >= 0.6 is 0 Å². The topological polar surface area (TPSA) is 172 Å². The number of carbonyl (C=O) groups is 2. The van der Waals surface area contributed by atoms with Crippen molar-refractivity contribution in [3.63, 3.8) is 0 Å². The first-order valence-corrected chi connectivity index (χ1v) is 13.1. The molecule has 5 aromatic rings. The molecule has 1 amide bonds. The number of H-pyrrole nitrogens is 1. The van der Waals surface area contributed by atoms with Crippen LogP contribution in [0.3, 0.4) is 0 Å². The van der Waals surface area contributed by atoms with Gasteiger partial charge in [0.25, 0.3) is 5.91 Å². The SMILES string of the molecule is O=C(NC(C(=O)O)C(O)c1ccc(-c2nn[nH]n2)cc1)c1ccc2c(c1)nc(-c1ccoc1)n2C1CCCCC1. The fourth-order valence-corrected chi connectivity index (χ4v) is 5.35. The standard InChI is InChI=1S/C28H27N7O5/c36-24(16-6-8-17(9-7-16)25-31-33-34-32-25)23(28(38)39)30-27(37)18-10-11-22-21(14-18)29-26(19-12-13-40-15-19)35(22)20-4-2-1-3-5-20/h6-15,20,23-24,36H,1-5H2,(H,30,37)(H,38,39)(H,31,32,33,34). The molecule has 0 radical (unpaired) electrons. The summed E-state index contributed by atoms with van der Waals surface area (Å²) in [5, 5.41) is 36.8. The van der Waals surface area contributed by atoms with E-state index in [1.807, 2.05) is 12.1 Å². The lowest BCUT2D eigenvalue weighted by atomic mass is 9.95. The van der Waals surface area contributed by atoms with Crippen LogP contribution in [-0.4, -0.2) is 58.3 Å². The number of tetrazole rings is 1. The molecule has 1 saturated carbocycles. The average molecular weight is 542 g/mol. The van der Waals surface area contributed by atoms with Gasteiger partial charge in [-0.1, -0.05) is 43.5 Å². The molecule has 2 aromatic carbocycles. The maximum absolute atomic E-state index is 13.2. The van der Waals surface area contributed by atoms with E-state index in [4.69, 9.17) is 9.40 Å². The molecule has 1 fully saturated rings. The number of benzene rings is 2. The van der Waals surface area contributed by atoms with Gasteiger partial charge in [-0.3, -0.25) is 4.79 Å².